The van der Waals surface area contributed by atoms with Crippen LogP contribution in [0.15, 0.2) is 47.4 Å². The summed E-state index contributed by atoms with van der Waals surface area (Å²) in [6.45, 7) is 0. The molecule has 0 radical (unpaired) electrons. The van der Waals surface area contributed by atoms with Gasteiger partial charge in [-0.3, -0.25) is 4.79 Å². The lowest BCUT2D eigenvalue weighted by Gasteiger charge is -2.16. The van der Waals surface area contributed by atoms with E-state index >= 15 is 0 Å². The molecule has 0 spiro atoms. The molecule has 1 atom stereocenters. The lowest BCUT2D eigenvalue weighted by atomic mass is 9.95. The number of pyridine rings is 1. The monoisotopic (exact) mass is 423 g/mol. The molecule has 2 aliphatic rings. The smallest absolute Gasteiger partial charge is 0.258 e. The van der Waals surface area contributed by atoms with Crippen LogP contribution in [0.5, 0.6) is 5.75 Å². The fraction of sp³-hybridized carbons (Fsp3) is 0.375. The van der Waals surface area contributed by atoms with Gasteiger partial charge in [-0.15, -0.1) is 0 Å². The van der Waals surface area contributed by atoms with Crippen molar-refractivity contribution in [3.05, 3.63) is 64.1 Å². The number of hydrogen-bond acceptors (Lipinski definition) is 4. The zero-order chi connectivity index (χ0) is 21.0. The molecule has 0 bridgehead atoms. The summed E-state index contributed by atoms with van der Waals surface area (Å²) in [7, 11) is -1.42. The van der Waals surface area contributed by atoms with E-state index in [9.17, 15) is 13.2 Å². The van der Waals surface area contributed by atoms with E-state index in [1.165, 1.54) is 19.1 Å². The van der Waals surface area contributed by atoms with Crippen LogP contribution in [0, 0.1) is 5.92 Å². The molecule has 6 heteroatoms. The Hall–Kier alpha value is -2.60. The predicted molar refractivity (Wildman–Crippen MR) is 119 cm³/mol. The Morgan fingerprint density at radius 3 is 2.53 bits per heavy atom. The molecule has 156 valence electrons. The summed E-state index contributed by atoms with van der Waals surface area (Å²) in [5.41, 5.74) is 3.54. The standard InChI is InChI=1S/C24H25NO4S/c1-25-13-22(19-5-3-4-6-20(19)24(25)26)21-11-16(14-30(2,27)28)9-17-12-18(29-23(17)21)10-15-7-8-15/h3-6,9,11,13,15,18H,7-8,10,12,14H2,1-2H3. The van der Waals surface area contributed by atoms with E-state index in [2.05, 4.69) is 0 Å². The van der Waals surface area contributed by atoms with Crippen molar-refractivity contribution in [2.45, 2.75) is 37.5 Å². The molecule has 5 nitrogen and oxygen atoms in total. The van der Waals surface area contributed by atoms with Crippen molar-refractivity contribution in [3.8, 4) is 16.9 Å². The molecule has 1 aliphatic heterocycles. The lowest BCUT2D eigenvalue weighted by Crippen LogP contribution is -2.16. The first kappa shape index (κ1) is 19.4. The van der Waals surface area contributed by atoms with Crippen molar-refractivity contribution in [2.24, 2.45) is 13.0 Å². The summed E-state index contributed by atoms with van der Waals surface area (Å²) >= 11 is 0. The van der Waals surface area contributed by atoms with E-state index in [1.54, 1.807) is 11.6 Å². The largest absolute Gasteiger partial charge is 0.489 e. The zero-order valence-corrected chi connectivity index (χ0v) is 18.0. The SMILES string of the molecule is Cn1cc(-c2cc(CS(C)(=O)=O)cc3c2OC(CC2CC2)C3)c2ccccc2c1=O. The number of sulfone groups is 1. The maximum atomic E-state index is 12.6. The Morgan fingerprint density at radius 2 is 1.83 bits per heavy atom. The highest BCUT2D eigenvalue weighted by Crippen LogP contribution is 2.45. The first-order valence-electron chi connectivity index (χ1n) is 10.4. The first-order valence-corrected chi connectivity index (χ1v) is 12.4. The quantitative estimate of drug-likeness (QED) is 0.625. The highest BCUT2D eigenvalue weighted by Gasteiger charge is 2.33. The Morgan fingerprint density at radius 1 is 1.10 bits per heavy atom. The van der Waals surface area contributed by atoms with Crippen LogP contribution in [-0.4, -0.2) is 25.3 Å². The van der Waals surface area contributed by atoms with Crippen molar-refractivity contribution in [1.82, 2.24) is 4.57 Å². The number of ether oxygens (including phenoxy) is 1. The highest BCUT2D eigenvalue weighted by atomic mass is 32.2. The molecule has 30 heavy (non-hydrogen) atoms. The van der Waals surface area contributed by atoms with Crippen molar-refractivity contribution >= 4 is 20.6 Å². The number of aryl methyl sites for hydroxylation is 1. The number of benzene rings is 2. The number of aromatic nitrogens is 1. The van der Waals surface area contributed by atoms with Crippen LogP contribution in [-0.2, 0) is 29.1 Å². The third-order valence-electron chi connectivity index (χ3n) is 6.06. The molecular formula is C24H25NO4S. The molecule has 5 rings (SSSR count). The van der Waals surface area contributed by atoms with Gasteiger partial charge in [0.1, 0.15) is 11.9 Å². The van der Waals surface area contributed by atoms with E-state index in [-0.39, 0.29) is 17.4 Å². The van der Waals surface area contributed by atoms with Gasteiger partial charge in [-0.25, -0.2) is 8.42 Å². The topological polar surface area (TPSA) is 65.4 Å². The zero-order valence-electron chi connectivity index (χ0n) is 17.2. The molecule has 1 aromatic heterocycles. The molecule has 1 fully saturated rings. The molecule has 2 heterocycles. The van der Waals surface area contributed by atoms with Crippen LogP contribution in [0.4, 0.5) is 0 Å². The molecule has 1 unspecified atom stereocenters. The van der Waals surface area contributed by atoms with Gasteiger partial charge < -0.3 is 9.30 Å². The van der Waals surface area contributed by atoms with E-state index < -0.39 is 9.84 Å². The fourth-order valence-corrected chi connectivity index (χ4v) is 5.35. The van der Waals surface area contributed by atoms with E-state index in [1.807, 2.05) is 42.6 Å². The molecule has 3 aromatic rings. The van der Waals surface area contributed by atoms with E-state index in [0.29, 0.717) is 5.39 Å². The average molecular weight is 424 g/mol. The predicted octanol–water partition coefficient (Wildman–Crippen LogP) is 3.85. The van der Waals surface area contributed by atoms with Crippen LogP contribution < -0.4 is 10.3 Å². The number of nitrogens with zero attached hydrogens (tertiary/aromatic N) is 1. The average Bonchev–Trinajstić information content (AvgIpc) is 3.40. The Bertz CT molecular complexity index is 1320. The Balaban J connectivity index is 1.71. The lowest BCUT2D eigenvalue weighted by molar-refractivity contribution is 0.214. The van der Waals surface area contributed by atoms with Crippen molar-refractivity contribution in [3.63, 3.8) is 0 Å². The Labute approximate surface area is 176 Å². The minimum absolute atomic E-state index is 0.00965. The summed E-state index contributed by atoms with van der Waals surface area (Å²) in [5.74, 6) is 1.58. The minimum atomic E-state index is -3.17. The number of rotatable bonds is 5. The van der Waals surface area contributed by atoms with Gasteiger partial charge >= 0.3 is 0 Å². The third kappa shape index (κ3) is 3.65. The van der Waals surface area contributed by atoms with Gasteiger partial charge in [-0.05, 0) is 41.0 Å². The molecule has 0 N–H and O–H groups in total. The second-order valence-electron chi connectivity index (χ2n) is 8.83. The van der Waals surface area contributed by atoms with Gasteiger partial charge in [0.2, 0.25) is 0 Å². The summed E-state index contributed by atoms with van der Waals surface area (Å²) < 4.78 is 32.0. The van der Waals surface area contributed by atoms with Crippen molar-refractivity contribution in [1.29, 1.82) is 0 Å². The molecule has 1 aliphatic carbocycles. The maximum Gasteiger partial charge on any atom is 0.258 e. The summed E-state index contributed by atoms with van der Waals surface area (Å²) in [6.07, 6.45) is 7.62. The normalized spacial score (nSPS) is 18.4. The molecule has 0 amide bonds. The van der Waals surface area contributed by atoms with Gasteiger partial charge in [0.15, 0.2) is 9.84 Å². The van der Waals surface area contributed by atoms with Crippen LogP contribution >= 0.6 is 0 Å². The maximum absolute atomic E-state index is 12.6. The summed E-state index contributed by atoms with van der Waals surface area (Å²) in [4.78, 5) is 12.6. The van der Waals surface area contributed by atoms with E-state index in [0.717, 1.165) is 52.1 Å². The van der Waals surface area contributed by atoms with Gasteiger partial charge in [0, 0.05) is 42.4 Å². The van der Waals surface area contributed by atoms with Crippen LogP contribution in [0.2, 0.25) is 0 Å². The van der Waals surface area contributed by atoms with Gasteiger partial charge in [-0.1, -0.05) is 37.1 Å². The highest BCUT2D eigenvalue weighted by molar-refractivity contribution is 7.89. The molecule has 0 saturated heterocycles. The third-order valence-corrected chi connectivity index (χ3v) is 6.92. The van der Waals surface area contributed by atoms with Crippen molar-refractivity contribution < 1.29 is 13.2 Å². The second-order valence-corrected chi connectivity index (χ2v) is 11.0. The van der Waals surface area contributed by atoms with Crippen LogP contribution in [0.3, 0.4) is 0 Å². The fourth-order valence-electron chi connectivity index (χ4n) is 4.57. The van der Waals surface area contributed by atoms with Gasteiger partial charge in [-0.2, -0.15) is 0 Å². The van der Waals surface area contributed by atoms with Crippen molar-refractivity contribution in [2.75, 3.05) is 6.26 Å². The van der Waals surface area contributed by atoms with Gasteiger partial charge in [0.25, 0.3) is 5.56 Å². The summed E-state index contributed by atoms with van der Waals surface area (Å²) in [6, 6.07) is 11.5. The second kappa shape index (κ2) is 6.98. The Kier molecular flexibility index (Phi) is 4.51. The minimum Gasteiger partial charge on any atom is -0.489 e. The summed E-state index contributed by atoms with van der Waals surface area (Å²) in [5, 5.41) is 1.50. The van der Waals surface area contributed by atoms with Gasteiger partial charge in [0.05, 0.1) is 5.75 Å². The van der Waals surface area contributed by atoms with Crippen LogP contribution in [0.25, 0.3) is 21.9 Å². The number of hydrogen-bond donors (Lipinski definition) is 0. The molecular weight excluding hydrogens is 398 g/mol. The first-order chi connectivity index (χ1) is 14.3. The molecule has 2 aromatic carbocycles. The van der Waals surface area contributed by atoms with Crippen LogP contribution in [0.1, 0.15) is 30.4 Å². The molecule has 1 saturated carbocycles. The number of fused-ring (bicyclic) bond motifs is 2. The van der Waals surface area contributed by atoms with E-state index in [4.69, 9.17) is 4.74 Å².